The normalized spacial score (nSPS) is 11.0. The van der Waals surface area contributed by atoms with Gasteiger partial charge >= 0.3 is 0 Å². The Morgan fingerprint density at radius 2 is 1.36 bits per heavy atom. The molecule has 0 nitrogen and oxygen atoms in total. The highest BCUT2D eigenvalue weighted by Gasteiger charge is 2.12. The lowest BCUT2D eigenvalue weighted by atomic mass is 9.93. The zero-order valence-electron chi connectivity index (χ0n) is 16.6. The van der Waals surface area contributed by atoms with Crippen LogP contribution in [0, 0.1) is 11.6 Å². The van der Waals surface area contributed by atoms with Gasteiger partial charge in [-0.25, -0.2) is 8.78 Å². The van der Waals surface area contributed by atoms with Crippen LogP contribution in [0.2, 0.25) is 0 Å². The standard InChI is InChI=1S/C26H28F2/c1-2-3-4-5-6-8-13-22-18-23(27)15-17-24(22)25-16-14-21(19-26(25)28)20-11-9-7-10-12-20/h7,9-12,14-19H,2-6,8,13H2,1H3. The van der Waals surface area contributed by atoms with Crippen LogP contribution in [-0.2, 0) is 6.42 Å². The van der Waals surface area contributed by atoms with Crippen LogP contribution in [0.5, 0.6) is 0 Å². The molecule has 0 bridgehead atoms. The van der Waals surface area contributed by atoms with Gasteiger partial charge in [0.2, 0.25) is 0 Å². The van der Waals surface area contributed by atoms with Crippen LogP contribution in [0.4, 0.5) is 8.78 Å². The molecule has 0 saturated heterocycles. The van der Waals surface area contributed by atoms with E-state index in [2.05, 4.69) is 6.92 Å². The monoisotopic (exact) mass is 378 g/mol. The number of rotatable bonds is 9. The first-order valence-electron chi connectivity index (χ1n) is 10.3. The molecule has 3 aromatic carbocycles. The molecule has 3 rings (SSSR count). The molecule has 0 unspecified atom stereocenters. The van der Waals surface area contributed by atoms with Gasteiger partial charge in [0.05, 0.1) is 0 Å². The number of hydrogen-bond acceptors (Lipinski definition) is 0. The van der Waals surface area contributed by atoms with Crippen molar-refractivity contribution in [3.05, 3.63) is 83.9 Å². The van der Waals surface area contributed by atoms with Crippen molar-refractivity contribution < 1.29 is 8.78 Å². The summed E-state index contributed by atoms with van der Waals surface area (Å²) >= 11 is 0. The molecule has 0 aliphatic heterocycles. The van der Waals surface area contributed by atoms with E-state index >= 15 is 0 Å². The number of aryl methyl sites for hydroxylation is 1. The van der Waals surface area contributed by atoms with Crippen molar-refractivity contribution in [2.45, 2.75) is 51.9 Å². The minimum atomic E-state index is -0.267. The van der Waals surface area contributed by atoms with Crippen molar-refractivity contribution in [1.29, 1.82) is 0 Å². The van der Waals surface area contributed by atoms with Gasteiger partial charge in [0.15, 0.2) is 0 Å². The van der Waals surface area contributed by atoms with Gasteiger partial charge in [0.25, 0.3) is 0 Å². The molecule has 0 radical (unpaired) electrons. The van der Waals surface area contributed by atoms with Gasteiger partial charge in [-0.05, 0) is 53.3 Å². The molecule has 0 spiro atoms. The summed E-state index contributed by atoms with van der Waals surface area (Å²) < 4.78 is 28.8. The average Bonchev–Trinajstić information content (AvgIpc) is 2.72. The maximum absolute atomic E-state index is 14.9. The lowest BCUT2D eigenvalue weighted by Gasteiger charge is -2.12. The van der Waals surface area contributed by atoms with Crippen LogP contribution >= 0.6 is 0 Å². The van der Waals surface area contributed by atoms with Gasteiger partial charge < -0.3 is 0 Å². The molecule has 0 aromatic heterocycles. The third-order valence-electron chi connectivity index (χ3n) is 5.23. The minimum Gasteiger partial charge on any atom is -0.207 e. The molecule has 2 heteroatoms. The summed E-state index contributed by atoms with van der Waals surface area (Å²) in [5, 5.41) is 0. The molecule has 0 saturated carbocycles. The molecule has 0 aliphatic rings. The van der Waals surface area contributed by atoms with Crippen LogP contribution in [0.3, 0.4) is 0 Å². The fourth-order valence-electron chi connectivity index (χ4n) is 3.67. The number of halogens is 2. The molecule has 0 amide bonds. The van der Waals surface area contributed by atoms with E-state index in [1.165, 1.54) is 31.7 Å². The second kappa shape index (κ2) is 10.2. The molecule has 146 valence electrons. The second-order valence-corrected chi connectivity index (χ2v) is 7.38. The van der Waals surface area contributed by atoms with E-state index in [0.29, 0.717) is 5.56 Å². The zero-order chi connectivity index (χ0) is 19.8. The molecule has 0 N–H and O–H groups in total. The summed E-state index contributed by atoms with van der Waals surface area (Å²) in [5.74, 6) is -0.525. The van der Waals surface area contributed by atoms with Crippen molar-refractivity contribution in [2.75, 3.05) is 0 Å². The van der Waals surface area contributed by atoms with Crippen molar-refractivity contribution in [1.82, 2.24) is 0 Å². The van der Waals surface area contributed by atoms with Crippen LogP contribution in [0.15, 0.2) is 66.7 Å². The maximum Gasteiger partial charge on any atom is 0.131 e. The van der Waals surface area contributed by atoms with E-state index in [4.69, 9.17) is 0 Å². The minimum absolute atomic E-state index is 0.258. The van der Waals surface area contributed by atoms with Crippen LogP contribution < -0.4 is 0 Å². The molecule has 3 aromatic rings. The molecule has 0 atom stereocenters. The van der Waals surface area contributed by atoms with Gasteiger partial charge in [-0.3, -0.25) is 0 Å². The first kappa shape index (κ1) is 20.3. The quantitative estimate of drug-likeness (QED) is 0.329. The molecular weight excluding hydrogens is 350 g/mol. The first-order valence-corrected chi connectivity index (χ1v) is 10.3. The number of benzene rings is 3. The van der Waals surface area contributed by atoms with E-state index in [-0.39, 0.29) is 11.6 Å². The summed E-state index contributed by atoms with van der Waals surface area (Å²) in [5.41, 5.74) is 4.07. The SMILES string of the molecule is CCCCCCCCc1cc(F)ccc1-c1ccc(-c2ccccc2)cc1F. The van der Waals surface area contributed by atoms with E-state index < -0.39 is 0 Å². The van der Waals surface area contributed by atoms with Crippen molar-refractivity contribution in [3.63, 3.8) is 0 Å². The predicted molar refractivity (Wildman–Crippen MR) is 114 cm³/mol. The van der Waals surface area contributed by atoms with Crippen molar-refractivity contribution in [2.24, 2.45) is 0 Å². The second-order valence-electron chi connectivity index (χ2n) is 7.38. The van der Waals surface area contributed by atoms with E-state index in [1.54, 1.807) is 18.2 Å². The highest BCUT2D eigenvalue weighted by atomic mass is 19.1. The molecule has 28 heavy (non-hydrogen) atoms. The largest absolute Gasteiger partial charge is 0.207 e. The summed E-state index contributed by atoms with van der Waals surface area (Å²) in [6.07, 6.45) is 7.87. The number of hydrogen-bond donors (Lipinski definition) is 0. The van der Waals surface area contributed by atoms with E-state index in [0.717, 1.165) is 41.5 Å². The Kier molecular flexibility index (Phi) is 7.36. The highest BCUT2D eigenvalue weighted by Crippen LogP contribution is 2.31. The molecule has 0 aliphatic carbocycles. The van der Waals surface area contributed by atoms with Gasteiger partial charge in [-0.1, -0.05) is 87.6 Å². The van der Waals surface area contributed by atoms with Crippen LogP contribution in [0.1, 0.15) is 51.0 Å². The Hall–Kier alpha value is -2.48. The summed E-state index contributed by atoms with van der Waals surface area (Å²) in [7, 11) is 0. The third kappa shape index (κ3) is 5.28. The fourth-order valence-corrected chi connectivity index (χ4v) is 3.67. The van der Waals surface area contributed by atoms with Gasteiger partial charge in [0, 0.05) is 5.56 Å². The average molecular weight is 379 g/mol. The van der Waals surface area contributed by atoms with Crippen molar-refractivity contribution in [3.8, 4) is 22.3 Å². The Morgan fingerprint density at radius 3 is 2.11 bits per heavy atom. The highest BCUT2D eigenvalue weighted by molar-refractivity contribution is 5.73. The van der Waals surface area contributed by atoms with Crippen molar-refractivity contribution >= 4 is 0 Å². The van der Waals surface area contributed by atoms with Gasteiger partial charge in [-0.2, -0.15) is 0 Å². The summed E-state index contributed by atoms with van der Waals surface area (Å²) in [6, 6.07) is 19.8. The Bertz CT molecular complexity index is 884. The van der Waals surface area contributed by atoms with Gasteiger partial charge in [0.1, 0.15) is 11.6 Å². The topological polar surface area (TPSA) is 0 Å². The lowest BCUT2D eigenvalue weighted by Crippen LogP contribution is -1.95. The lowest BCUT2D eigenvalue weighted by molar-refractivity contribution is 0.602. The molecule has 0 heterocycles. The Labute approximate surface area is 167 Å². The third-order valence-corrected chi connectivity index (χ3v) is 5.23. The van der Waals surface area contributed by atoms with Gasteiger partial charge in [-0.15, -0.1) is 0 Å². The van der Waals surface area contributed by atoms with Crippen LogP contribution in [-0.4, -0.2) is 0 Å². The molecule has 0 fully saturated rings. The molecular formula is C26H28F2. The fraction of sp³-hybridized carbons (Fsp3) is 0.308. The summed E-state index contributed by atoms with van der Waals surface area (Å²) in [6.45, 7) is 2.20. The zero-order valence-corrected chi connectivity index (χ0v) is 16.6. The van der Waals surface area contributed by atoms with Crippen LogP contribution in [0.25, 0.3) is 22.3 Å². The van der Waals surface area contributed by atoms with E-state index in [1.807, 2.05) is 42.5 Å². The van der Waals surface area contributed by atoms with E-state index in [9.17, 15) is 8.78 Å². The summed E-state index contributed by atoms with van der Waals surface area (Å²) in [4.78, 5) is 0. The smallest absolute Gasteiger partial charge is 0.131 e. The predicted octanol–water partition coefficient (Wildman–Crippen LogP) is 8.20. The Morgan fingerprint density at radius 1 is 0.643 bits per heavy atom. The Balaban J connectivity index is 1.79. The first-order chi connectivity index (χ1) is 13.7. The maximum atomic E-state index is 14.9. The number of unbranched alkanes of at least 4 members (excludes halogenated alkanes) is 5.